The van der Waals surface area contributed by atoms with Crippen LogP contribution in [-0.4, -0.2) is 11.0 Å². The van der Waals surface area contributed by atoms with Gasteiger partial charge in [0.05, 0.1) is 6.54 Å². The molecule has 1 aliphatic rings. The molecule has 1 rings (SSSR count). The highest BCUT2D eigenvalue weighted by Gasteiger charge is 1.89. The first-order chi connectivity index (χ1) is 3.39. The van der Waals surface area contributed by atoms with E-state index in [0.29, 0.717) is 0 Å². The van der Waals surface area contributed by atoms with Crippen molar-refractivity contribution in [3.8, 4) is 0 Å². The van der Waals surface area contributed by atoms with Crippen molar-refractivity contribution in [2.75, 3.05) is 6.54 Å². The Balaban J connectivity index is 2.49. The summed E-state index contributed by atoms with van der Waals surface area (Å²) >= 11 is 5.49. The van der Waals surface area contributed by atoms with Crippen LogP contribution in [0.3, 0.4) is 0 Å². The van der Waals surface area contributed by atoms with Crippen molar-refractivity contribution in [1.82, 2.24) is 4.42 Å². The monoisotopic (exact) mass is 114 g/mol. The summed E-state index contributed by atoms with van der Waals surface area (Å²) in [7, 11) is 0. The van der Waals surface area contributed by atoms with Gasteiger partial charge in [0.1, 0.15) is 0 Å². The lowest BCUT2D eigenvalue weighted by Gasteiger charge is -2.07. The summed E-state index contributed by atoms with van der Waals surface area (Å²) in [5, 5.41) is 0. The van der Waals surface area contributed by atoms with Crippen molar-refractivity contribution in [2.24, 2.45) is 0 Å². The Morgan fingerprint density at radius 1 is 1.71 bits per heavy atom. The predicted octanol–water partition coefficient (Wildman–Crippen LogP) is 1.33. The SMILES string of the molecule is ClN1C=C[C]=CC1. The van der Waals surface area contributed by atoms with Gasteiger partial charge < -0.3 is 0 Å². The molecule has 0 unspecified atom stereocenters. The maximum absolute atomic E-state index is 5.49. The summed E-state index contributed by atoms with van der Waals surface area (Å²) in [5.74, 6) is 0. The molecule has 0 aromatic heterocycles. The summed E-state index contributed by atoms with van der Waals surface area (Å²) in [5.41, 5.74) is 0. The van der Waals surface area contributed by atoms with E-state index in [2.05, 4.69) is 6.08 Å². The van der Waals surface area contributed by atoms with E-state index < -0.39 is 0 Å². The number of halogens is 1. The van der Waals surface area contributed by atoms with Crippen molar-refractivity contribution in [1.29, 1.82) is 0 Å². The van der Waals surface area contributed by atoms with E-state index in [4.69, 9.17) is 11.8 Å². The van der Waals surface area contributed by atoms with Gasteiger partial charge in [0, 0.05) is 18.0 Å². The zero-order valence-electron chi connectivity index (χ0n) is 3.76. The maximum Gasteiger partial charge on any atom is 0.0532 e. The fourth-order valence-electron chi connectivity index (χ4n) is 0.393. The minimum absolute atomic E-state index is 0.762. The molecule has 2 heteroatoms. The van der Waals surface area contributed by atoms with E-state index in [1.54, 1.807) is 16.7 Å². The minimum atomic E-state index is 0.762. The minimum Gasteiger partial charge on any atom is -0.289 e. The molecule has 0 aromatic carbocycles. The number of hydrogen-bond acceptors (Lipinski definition) is 1. The van der Waals surface area contributed by atoms with Crippen molar-refractivity contribution in [2.45, 2.75) is 0 Å². The Morgan fingerprint density at radius 2 is 2.57 bits per heavy atom. The number of hydrogen-bond donors (Lipinski definition) is 0. The third-order valence-electron chi connectivity index (χ3n) is 0.716. The van der Waals surface area contributed by atoms with Gasteiger partial charge in [0.15, 0.2) is 0 Å². The quantitative estimate of drug-likeness (QED) is 0.430. The molecule has 0 aliphatic carbocycles. The fourth-order valence-corrected chi connectivity index (χ4v) is 0.518. The average Bonchev–Trinajstić information content (AvgIpc) is 1.69. The summed E-state index contributed by atoms with van der Waals surface area (Å²) in [6.45, 7) is 0.762. The van der Waals surface area contributed by atoms with E-state index in [1.807, 2.05) is 6.08 Å². The Bertz CT molecular complexity index is 107. The molecule has 37 valence electrons. The normalized spacial score (nSPS) is 18.1. The topological polar surface area (TPSA) is 3.24 Å². The smallest absolute Gasteiger partial charge is 0.0532 e. The fraction of sp³-hybridized carbons (Fsp3) is 0.200. The highest BCUT2D eigenvalue weighted by Crippen LogP contribution is 1.98. The van der Waals surface area contributed by atoms with E-state index in [1.165, 1.54) is 0 Å². The van der Waals surface area contributed by atoms with E-state index >= 15 is 0 Å². The molecule has 1 radical (unpaired) electrons. The third kappa shape index (κ3) is 1.24. The first-order valence-corrected chi connectivity index (χ1v) is 2.40. The third-order valence-corrected chi connectivity index (χ3v) is 0.967. The van der Waals surface area contributed by atoms with Crippen LogP contribution < -0.4 is 0 Å². The first kappa shape index (κ1) is 4.72. The molecule has 0 fully saturated rings. The van der Waals surface area contributed by atoms with Crippen LogP contribution in [0.25, 0.3) is 0 Å². The van der Waals surface area contributed by atoms with Gasteiger partial charge in [-0.15, -0.1) is 0 Å². The van der Waals surface area contributed by atoms with Gasteiger partial charge in [-0.25, -0.2) is 0 Å². The molecule has 1 heterocycles. The second-order valence-electron chi connectivity index (χ2n) is 1.27. The molecule has 0 bridgehead atoms. The molecular weight excluding hydrogens is 110 g/mol. The van der Waals surface area contributed by atoms with E-state index in [-0.39, 0.29) is 0 Å². The van der Waals surface area contributed by atoms with Gasteiger partial charge in [-0.3, -0.25) is 4.42 Å². The lowest BCUT2D eigenvalue weighted by atomic mass is 10.4. The summed E-state index contributed by atoms with van der Waals surface area (Å²) in [6, 6.07) is 0. The molecule has 0 saturated carbocycles. The average molecular weight is 115 g/mol. The lowest BCUT2D eigenvalue weighted by Crippen LogP contribution is -2.04. The summed E-state index contributed by atoms with van der Waals surface area (Å²) in [4.78, 5) is 0. The second-order valence-corrected chi connectivity index (χ2v) is 1.70. The molecule has 0 N–H and O–H groups in total. The standard InChI is InChI=1S/C5H5ClN/c6-7-4-2-1-3-5-7/h2-4H,5H2. The Morgan fingerprint density at radius 3 is 2.86 bits per heavy atom. The van der Waals surface area contributed by atoms with Crippen molar-refractivity contribution >= 4 is 11.8 Å². The van der Waals surface area contributed by atoms with Crippen LogP contribution in [0.2, 0.25) is 0 Å². The lowest BCUT2D eigenvalue weighted by molar-refractivity contribution is 0.668. The molecule has 1 nitrogen and oxygen atoms in total. The van der Waals surface area contributed by atoms with Gasteiger partial charge in [-0.1, -0.05) is 6.08 Å². The van der Waals surface area contributed by atoms with E-state index in [0.717, 1.165) is 6.54 Å². The highest BCUT2D eigenvalue weighted by molar-refractivity contribution is 6.14. The van der Waals surface area contributed by atoms with Crippen LogP contribution in [0.1, 0.15) is 0 Å². The van der Waals surface area contributed by atoms with Crippen molar-refractivity contribution in [3.63, 3.8) is 0 Å². The van der Waals surface area contributed by atoms with Crippen LogP contribution >= 0.6 is 11.8 Å². The first-order valence-electron chi connectivity index (χ1n) is 2.06. The van der Waals surface area contributed by atoms with Crippen LogP contribution in [0.5, 0.6) is 0 Å². The number of rotatable bonds is 0. The number of nitrogens with zero attached hydrogens (tertiary/aromatic N) is 1. The van der Waals surface area contributed by atoms with Crippen LogP contribution in [0, 0.1) is 6.08 Å². The van der Waals surface area contributed by atoms with Gasteiger partial charge in [0.25, 0.3) is 0 Å². The van der Waals surface area contributed by atoms with Crippen molar-refractivity contribution < 1.29 is 0 Å². The molecule has 0 atom stereocenters. The number of allylic oxidation sites excluding steroid dienone is 2. The molecule has 0 saturated heterocycles. The predicted molar refractivity (Wildman–Crippen MR) is 29.5 cm³/mol. The molecule has 1 aliphatic heterocycles. The highest BCUT2D eigenvalue weighted by atomic mass is 35.5. The molecule has 0 amide bonds. The summed E-state index contributed by atoms with van der Waals surface area (Å²) < 4.78 is 1.57. The van der Waals surface area contributed by atoms with Crippen LogP contribution in [0.15, 0.2) is 18.4 Å². The molecule has 7 heavy (non-hydrogen) atoms. The Kier molecular flexibility index (Phi) is 1.37. The zero-order valence-corrected chi connectivity index (χ0v) is 4.52. The van der Waals surface area contributed by atoms with E-state index in [9.17, 15) is 0 Å². The van der Waals surface area contributed by atoms with Gasteiger partial charge in [-0.05, 0) is 12.2 Å². The van der Waals surface area contributed by atoms with Crippen LogP contribution in [0.4, 0.5) is 0 Å². The summed E-state index contributed by atoms with van der Waals surface area (Å²) in [6.07, 6.45) is 8.29. The van der Waals surface area contributed by atoms with Crippen LogP contribution in [-0.2, 0) is 0 Å². The van der Waals surface area contributed by atoms with Gasteiger partial charge in [0.2, 0.25) is 0 Å². The molecule has 0 aromatic rings. The Hall–Kier alpha value is -0.430. The largest absolute Gasteiger partial charge is 0.289 e. The zero-order chi connectivity index (χ0) is 5.11. The van der Waals surface area contributed by atoms with Gasteiger partial charge in [-0.2, -0.15) is 0 Å². The van der Waals surface area contributed by atoms with Gasteiger partial charge >= 0.3 is 0 Å². The second kappa shape index (κ2) is 2.03. The van der Waals surface area contributed by atoms with Crippen molar-refractivity contribution in [3.05, 3.63) is 24.4 Å². The molecular formula is C5H5ClN. The molecule has 0 spiro atoms. The Labute approximate surface area is 48.0 Å². The maximum atomic E-state index is 5.49.